The summed E-state index contributed by atoms with van der Waals surface area (Å²) in [5.74, 6) is -0.697. The van der Waals surface area contributed by atoms with E-state index in [-0.39, 0.29) is 12.5 Å². The molecular weight excluding hydrogens is 314 g/mol. The number of amides is 2. The topological polar surface area (TPSA) is 84.2 Å². The van der Waals surface area contributed by atoms with Gasteiger partial charge in [0.2, 0.25) is 5.91 Å². The van der Waals surface area contributed by atoms with E-state index in [2.05, 4.69) is 10.6 Å². The Hall–Kier alpha value is -2.82. The second-order valence-corrected chi connectivity index (χ2v) is 6.85. The van der Waals surface area contributed by atoms with Gasteiger partial charge in [-0.15, -0.1) is 0 Å². The number of rotatable bonds is 6. The molecule has 2 rings (SSSR count). The first-order valence-corrected chi connectivity index (χ1v) is 8.23. The number of anilines is 2. The normalized spacial score (nSPS) is 11.0. The van der Waals surface area contributed by atoms with Crippen LogP contribution >= 0.6 is 0 Å². The number of para-hydroxylation sites is 1. The highest BCUT2D eigenvalue weighted by Gasteiger charge is 2.26. The average Bonchev–Trinajstić information content (AvgIpc) is 2.57. The van der Waals surface area contributed by atoms with Gasteiger partial charge in [-0.3, -0.25) is 9.59 Å². The van der Waals surface area contributed by atoms with Gasteiger partial charge in [0.15, 0.2) is 0 Å². The van der Waals surface area contributed by atoms with Crippen LogP contribution in [-0.2, 0) is 4.79 Å². The maximum atomic E-state index is 12.6. The Balaban J connectivity index is 2.21. The summed E-state index contributed by atoms with van der Waals surface area (Å²) in [5.41, 5.74) is 9.05. The number of primary amides is 1. The minimum atomic E-state index is -0.800. The third-order valence-corrected chi connectivity index (χ3v) is 4.40. The molecule has 4 N–H and O–H groups in total. The maximum absolute atomic E-state index is 12.6. The highest BCUT2D eigenvalue weighted by atomic mass is 16.2. The lowest BCUT2D eigenvalue weighted by molar-refractivity contribution is -0.125. The number of hydrogen-bond acceptors (Lipinski definition) is 3. The lowest BCUT2D eigenvalue weighted by atomic mass is 9.92. The van der Waals surface area contributed by atoms with Gasteiger partial charge < -0.3 is 16.4 Å². The molecular formula is C20H25N3O2. The predicted molar refractivity (Wildman–Crippen MR) is 101 cm³/mol. The molecule has 25 heavy (non-hydrogen) atoms. The number of benzene rings is 2. The molecule has 0 radical (unpaired) electrons. The van der Waals surface area contributed by atoms with Crippen LogP contribution < -0.4 is 16.4 Å². The van der Waals surface area contributed by atoms with Crippen molar-refractivity contribution in [3.8, 4) is 0 Å². The molecule has 0 aliphatic rings. The number of nitrogens with one attached hydrogen (secondary N) is 2. The van der Waals surface area contributed by atoms with Crippen LogP contribution in [0.3, 0.4) is 0 Å². The molecule has 0 spiro atoms. The molecule has 0 atom stereocenters. The Morgan fingerprint density at radius 3 is 2.32 bits per heavy atom. The van der Waals surface area contributed by atoms with Crippen molar-refractivity contribution >= 4 is 23.2 Å². The zero-order valence-corrected chi connectivity index (χ0v) is 15.1. The third kappa shape index (κ3) is 4.38. The van der Waals surface area contributed by atoms with E-state index in [9.17, 15) is 9.59 Å². The summed E-state index contributed by atoms with van der Waals surface area (Å²) in [5, 5.41) is 6.12. The van der Waals surface area contributed by atoms with Crippen molar-refractivity contribution in [3.05, 3.63) is 59.2 Å². The summed E-state index contributed by atoms with van der Waals surface area (Å²) in [6.07, 6.45) is 0. The minimum absolute atomic E-state index is 0.180. The first kappa shape index (κ1) is 18.5. The van der Waals surface area contributed by atoms with E-state index in [1.54, 1.807) is 19.9 Å². The third-order valence-electron chi connectivity index (χ3n) is 4.40. The molecule has 0 fully saturated rings. The van der Waals surface area contributed by atoms with Gasteiger partial charge in [-0.1, -0.05) is 24.3 Å². The standard InChI is InChI=1S/C20H25N3O2/c1-13-8-7-11-16(14(13)2)23-17-10-6-5-9-15(17)18(24)22-12-20(3,4)19(21)25/h5-11,23H,12H2,1-4H3,(H2,21,25)(H,22,24). The second-order valence-electron chi connectivity index (χ2n) is 6.85. The number of carbonyl (C=O) groups excluding carboxylic acids is 2. The van der Waals surface area contributed by atoms with Crippen molar-refractivity contribution in [1.82, 2.24) is 5.32 Å². The van der Waals surface area contributed by atoms with Gasteiger partial charge in [0.25, 0.3) is 5.91 Å². The zero-order valence-electron chi connectivity index (χ0n) is 15.1. The fraction of sp³-hybridized carbons (Fsp3) is 0.300. The number of nitrogens with two attached hydrogens (primary N) is 1. The maximum Gasteiger partial charge on any atom is 0.253 e. The highest BCUT2D eigenvalue weighted by molar-refractivity contribution is 6.00. The first-order chi connectivity index (χ1) is 11.7. The highest BCUT2D eigenvalue weighted by Crippen LogP contribution is 2.25. The van der Waals surface area contributed by atoms with E-state index in [1.807, 2.05) is 50.2 Å². The van der Waals surface area contributed by atoms with E-state index < -0.39 is 11.3 Å². The molecule has 2 amide bonds. The predicted octanol–water partition coefficient (Wildman–Crippen LogP) is 3.29. The van der Waals surface area contributed by atoms with Crippen LogP contribution in [0.2, 0.25) is 0 Å². The first-order valence-electron chi connectivity index (χ1n) is 8.23. The van der Waals surface area contributed by atoms with E-state index in [0.29, 0.717) is 11.3 Å². The number of aryl methyl sites for hydroxylation is 1. The summed E-state index contributed by atoms with van der Waals surface area (Å²) in [6.45, 7) is 7.67. The molecule has 0 aromatic heterocycles. The quantitative estimate of drug-likeness (QED) is 0.755. The molecule has 5 nitrogen and oxygen atoms in total. The molecule has 0 unspecified atom stereocenters. The summed E-state index contributed by atoms with van der Waals surface area (Å²) in [6, 6.07) is 13.3. The van der Waals surface area contributed by atoms with Crippen LogP contribution in [-0.4, -0.2) is 18.4 Å². The molecule has 0 heterocycles. The van der Waals surface area contributed by atoms with Gasteiger partial charge in [-0.25, -0.2) is 0 Å². The van der Waals surface area contributed by atoms with Crippen molar-refractivity contribution in [1.29, 1.82) is 0 Å². The summed E-state index contributed by atoms with van der Waals surface area (Å²) < 4.78 is 0. The fourth-order valence-corrected chi connectivity index (χ4v) is 2.31. The monoisotopic (exact) mass is 339 g/mol. The van der Waals surface area contributed by atoms with Crippen molar-refractivity contribution < 1.29 is 9.59 Å². The Morgan fingerprint density at radius 2 is 1.64 bits per heavy atom. The van der Waals surface area contributed by atoms with Gasteiger partial charge in [0.1, 0.15) is 0 Å². The smallest absolute Gasteiger partial charge is 0.253 e. The summed E-state index contributed by atoms with van der Waals surface area (Å²) in [4.78, 5) is 24.0. The molecule has 0 aliphatic heterocycles. The Labute approximate surface area is 148 Å². The Kier molecular flexibility index (Phi) is 5.47. The molecule has 0 saturated heterocycles. The van der Waals surface area contributed by atoms with Gasteiger partial charge in [0.05, 0.1) is 16.7 Å². The van der Waals surface area contributed by atoms with E-state index in [0.717, 1.165) is 11.3 Å². The van der Waals surface area contributed by atoms with Gasteiger partial charge in [-0.2, -0.15) is 0 Å². The van der Waals surface area contributed by atoms with Crippen molar-refractivity contribution in [3.63, 3.8) is 0 Å². The number of carbonyl (C=O) groups is 2. The largest absolute Gasteiger partial charge is 0.369 e. The van der Waals surface area contributed by atoms with Crippen molar-refractivity contribution in [2.24, 2.45) is 11.1 Å². The summed E-state index contributed by atoms with van der Waals surface area (Å²) >= 11 is 0. The molecule has 132 valence electrons. The zero-order chi connectivity index (χ0) is 18.6. The molecule has 2 aromatic carbocycles. The van der Waals surface area contributed by atoms with E-state index >= 15 is 0 Å². The molecule has 0 aliphatic carbocycles. The van der Waals surface area contributed by atoms with Crippen LogP contribution in [0.5, 0.6) is 0 Å². The summed E-state index contributed by atoms with van der Waals surface area (Å²) in [7, 11) is 0. The SMILES string of the molecule is Cc1cccc(Nc2ccccc2C(=O)NCC(C)(C)C(N)=O)c1C. The van der Waals surface area contributed by atoms with E-state index in [1.165, 1.54) is 5.56 Å². The molecule has 0 bridgehead atoms. The van der Waals surface area contributed by atoms with Crippen LogP contribution in [0, 0.1) is 19.3 Å². The van der Waals surface area contributed by atoms with Crippen molar-refractivity contribution in [2.45, 2.75) is 27.7 Å². The molecule has 0 saturated carbocycles. The van der Waals surface area contributed by atoms with Crippen LogP contribution in [0.15, 0.2) is 42.5 Å². The van der Waals surface area contributed by atoms with Gasteiger partial charge >= 0.3 is 0 Å². The minimum Gasteiger partial charge on any atom is -0.369 e. The van der Waals surface area contributed by atoms with Gasteiger partial charge in [-0.05, 0) is 57.0 Å². The fourth-order valence-electron chi connectivity index (χ4n) is 2.31. The molecule has 2 aromatic rings. The van der Waals surface area contributed by atoms with Crippen LogP contribution in [0.1, 0.15) is 35.3 Å². The number of hydrogen-bond donors (Lipinski definition) is 3. The van der Waals surface area contributed by atoms with Crippen LogP contribution in [0.25, 0.3) is 0 Å². The second kappa shape index (κ2) is 7.38. The van der Waals surface area contributed by atoms with E-state index in [4.69, 9.17) is 5.73 Å². The molecule has 5 heteroatoms. The lowest BCUT2D eigenvalue weighted by Gasteiger charge is -2.21. The van der Waals surface area contributed by atoms with Gasteiger partial charge in [0, 0.05) is 12.2 Å². The average molecular weight is 339 g/mol. The Bertz CT molecular complexity index is 797. The Morgan fingerprint density at radius 1 is 1.00 bits per heavy atom. The lowest BCUT2D eigenvalue weighted by Crippen LogP contribution is -2.42. The van der Waals surface area contributed by atoms with Crippen molar-refractivity contribution in [2.75, 3.05) is 11.9 Å². The van der Waals surface area contributed by atoms with Crippen LogP contribution in [0.4, 0.5) is 11.4 Å².